The average molecular weight is 365 g/mol. The first kappa shape index (κ1) is 21.3. The number of nitrogens with one attached hydrogen (secondary N) is 2. The van der Waals surface area contributed by atoms with Crippen LogP contribution in [0.2, 0.25) is 0 Å². The van der Waals surface area contributed by atoms with Gasteiger partial charge < -0.3 is 25.8 Å². The van der Waals surface area contributed by atoms with Crippen LogP contribution in [-0.2, 0) is 20.9 Å². The van der Waals surface area contributed by atoms with Crippen LogP contribution >= 0.6 is 0 Å². The van der Waals surface area contributed by atoms with E-state index < -0.39 is 30.0 Å². The fourth-order valence-corrected chi connectivity index (χ4v) is 2.14. The lowest BCUT2D eigenvalue weighted by atomic mass is 10.0. The summed E-state index contributed by atoms with van der Waals surface area (Å²) in [6.45, 7) is 5.38. The number of carbonyl (C=O) groups excluding carboxylic acids is 3. The third-order valence-electron chi connectivity index (χ3n) is 3.63. The maximum atomic E-state index is 12.3. The van der Waals surface area contributed by atoms with Crippen molar-refractivity contribution in [3.05, 3.63) is 29.8 Å². The molecule has 0 saturated carbocycles. The molecule has 144 valence electrons. The average Bonchev–Trinajstić information content (AvgIpc) is 2.59. The maximum Gasteiger partial charge on any atom is 0.408 e. The zero-order valence-corrected chi connectivity index (χ0v) is 15.6. The van der Waals surface area contributed by atoms with Crippen LogP contribution in [0, 0.1) is 5.92 Å². The van der Waals surface area contributed by atoms with E-state index in [1.54, 1.807) is 31.4 Å². The van der Waals surface area contributed by atoms with Crippen molar-refractivity contribution in [3.8, 4) is 5.75 Å². The Morgan fingerprint density at radius 1 is 1.08 bits per heavy atom. The van der Waals surface area contributed by atoms with E-state index in [1.807, 2.05) is 13.8 Å². The molecule has 0 unspecified atom stereocenters. The number of ether oxygens (including phenoxy) is 2. The Hall–Kier alpha value is -2.77. The van der Waals surface area contributed by atoms with Crippen LogP contribution in [0.4, 0.5) is 4.79 Å². The standard InChI is InChI=1S/C18H27N3O5/c1-11(2)9-15(17(23)20-12(3)16(19)22)21-18(24)26-10-13-5-7-14(25-4)8-6-13/h5-8,11-12,15H,9-10H2,1-4H3,(H2,19,22)(H,20,23)(H,21,24)/t12-,15+/m1/s1. The zero-order chi connectivity index (χ0) is 19.7. The normalized spacial score (nSPS) is 12.8. The topological polar surface area (TPSA) is 120 Å². The van der Waals surface area contributed by atoms with Gasteiger partial charge in [-0.3, -0.25) is 9.59 Å². The predicted octanol–water partition coefficient (Wildman–Crippen LogP) is 1.33. The molecule has 0 saturated heterocycles. The van der Waals surface area contributed by atoms with Gasteiger partial charge in [0, 0.05) is 0 Å². The van der Waals surface area contributed by atoms with Crippen LogP contribution in [0.3, 0.4) is 0 Å². The highest BCUT2D eigenvalue weighted by Crippen LogP contribution is 2.12. The smallest absolute Gasteiger partial charge is 0.408 e. The molecule has 0 aromatic heterocycles. The summed E-state index contributed by atoms with van der Waals surface area (Å²) < 4.78 is 10.2. The Morgan fingerprint density at radius 2 is 1.69 bits per heavy atom. The molecule has 0 radical (unpaired) electrons. The highest BCUT2D eigenvalue weighted by Gasteiger charge is 2.25. The van der Waals surface area contributed by atoms with Crippen LogP contribution in [-0.4, -0.2) is 37.1 Å². The minimum atomic E-state index is -0.825. The molecule has 0 fully saturated rings. The number of nitrogens with two attached hydrogens (primary N) is 1. The quantitative estimate of drug-likeness (QED) is 0.610. The van der Waals surface area contributed by atoms with Crippen LogP contribution in [0.25, 0.3) is 0 Å². The molecule has 2 atom stereocenters. The molecular weight excluding hydrogens is 338 g/mol. The van der Waals surface area contributed by atoms with Gasteiger partial charge in [-0.1, -0.05) is 26.0 Å². The van der Waals surface area contributed by atoms with Gasteiger partial charge in [-0.2, -0.15) is 0 Å². The van der Waals surface area contributed by atoms with Gasteiger partial charge in [0.05, 0.1) is 7.11 Å². The predicted molar refractivity (Wildman–Crippen MR) is 96.4 cm³/mol. The fraction of sp³-hybridized carbons (Fsp3) is 0.500. The van der Waals surface area contributed by atoms with Crippen molar-refractivity contribution in [1.82, 2.24) is 10.6 Å². The van der Waals surface area contributed by atoms with E-state index in [2.05, 4.69) is 10.6 Å². The van der Waals surface area contributed by atoms with Crippen molar-refractivity contribution in [2.45, 2.75) is 45.9 Å². The first-order valence-electron chi connectivity index (χ1n) is 8.38. The number of methoxy groups -OCH3 is 1. The maximum absolute atomic E-state index is 12.3. The second-order valence-corrected chi connectivity index (χ2v) is 6.38. The SMILES string of the molecule is COc1ccc(COC(=O)N[C@@H](CC(C)C)C(=O)N[C@H](C)C(N)=O)cc1. The Balaban J connectivity index is 2.60. The molecule has 0 bridgehead atoms. The Kier molecular flexibility index (Phi) is 8.41. The summed E-state index contributed by atoms with van der Waals surface area (Å²) in [7, 11) is 1.57. The van der Waals surface area contributed by atoms with E-state index in [-0.39, 0.29) is 12.5 Å². The Labute approximate surface area is 153 Å². The molecule has 3 amide bonds. The lowest BCUT2D eigenvalue weighted by Gasteiger charge is -2.21. The second-order valence-electron chi connectivity index (χ2n) is 6.38. The van der Waals surface area contributed by atoms with Crippen LogP contribution in [0.1, 0.15) is 32.8 Å². The first-order chi connectivity index (χ1) is 12.2. The van der Waals surface area contributed by atoms with E-state index in [4.69, 9.17) is 15.2 Å². The van der Waals surface area contributed by atoms with Gasteiger partial charge in [0.1, 0.15) is 24.4 Å². The minimum Gasteiger partial charge on any atom is -0.497 e. The van der Waals surface area contributed by atoms with Crippen LogP contribution < -0.4 is 21.1 Å². The number of rotatable bonds is 9. The van der Waals surface area contributed by atoms with Crippen molar-refractivity contribution in [2.75, 3.05) is 7.11 Å². The molecule has 8 heteroatoms. The van der Waals surface area contributed by atoms with Gasteiger partial charge in [-0.15, -0.1) is 0 Å². The van der Waals surface area contributed by atoms with Gasteiger partial charge >= 0.3 is 6.09 Å². The molecule has 26 heavy (non-hydrogen) atoms. The highest BCUT2D eigenvalue weighted by atomic mass is 16.5. The van der Waals surface area contributed by atoms with Gasteiger partial charge in [0.25, 0.3) is 0 Å². The number of primary amides is 1. The Bertz CT molecular complexity index is 616. The van der Waals surface area contributed by atoms with Gasteiger partial charge in [-0.25, -0.2) is 4.79 Å². The molecule has 1 aromatic rings. The summed E-state index contributed by atoms with van der Waals surface area (Å²) >= 11 is 0. The number of alkyl carbamates (subject to hydrolysis) is 1. The van der Waals surface area contributed by atoms with Crippen molar-refractivity contribution in [1.29, 1.82) is 0 Å². The molecule has 1 rings (SSSR count). The van der Waals surface area contributed by atoms with Gasteiger partial charge in [-0.05, 0) is 37.0 Å². The third-order valence-corrected chi connectivity index (χ3v) is 3.63. The van der Waals surface area contributed by atoms with Crippen molar-refractivity contribution >= 4 is 17.9 Å². The molecule has 0 aliphatic rings. The number of hydrogen-bond acceptors (Lipinski definition) is 5. The lowest BCUT2D eigenvalue weighted by molar-refractivity contribution is -0.128. The Morgan fingerprint density at radius 3 is 2.19 bits per heavy atom. The second kappa shape index (κ2) is 10.3. The molecule has 0 aliphatic heterocycles. The molecule has 8 nitrogen and oxygen atoms in total. The molecule has 1 aromatic carbocycles. The van der Waals surface area contributed by atoms with Gasteiger partial charge in [0.2, 0.25) is 11.8 Å². The third kappa shape index (κ3) is 7.42. The number of hydrogen-bond donors (Lipinski definition) is 3. The fourth-order valence-electron chi connectivity index (χ4n) is 2.14. The zero-order valence-electron chi connectivity index (χ0n) is 15.6. The largest absolute Gasteiger partial charge is 0.497 e. The number of amides is 3. The molecule has 0 heterocycles. The van der Waals surface area contributed by atoms with Crippen LogP contribution in [0.5, 0.6) is 5.75 Å². The summed E-state index contributed by atoms with van der Waals surface area (Å²) in [5, 5.41) is 5.01. The lowest BCUT2D eigenvalue weighted by Crippen LogP contribution is -2.52. The van der Waals surface area contributed by atoms with Crippen molar-refractivity contribution < 1.29 is 23.9 Å². The van der Waals surface area contributed by atoms with E-state index in [9.17, 15) is 14.4 Å². The van der Waals surface area contributed by atoms with Crippen LogP contribution in [0.15, 0.2) is 24.3 Å². The summed E-state index contributed by atoms with van der Waals surface area (Å²) in [6, 6.07) is 5.43. The number of carbonyl (C=O) groups is 3. The summed E-state index contributed by atoms with van der Waals surface area (Å²) in [4.78, 5) is 35.4. The molecular formula is C18H27N3O5. The van der Waals surface area contributed by atoms with Crippen molar-refractivity contribution in [2.24, 2.45) is 11.7 Å². The van der Waals surface area contributed by atoms with Gasteiger partial charge in [0.15, 0.2) is 0 Å². The highest BCUT2D eigenvalue weighted by molar-refractivity contribution is 5.90. The monoisotopic (exact) mass is 365 g/mol. The summed E-state index contributed by atoms with van der Waals surface area (Å²) in [6.07, 6.45) is -0.317. The summed E-state index contributed by atoms with van der Waals surface area (Å²) in [5.74, 6) is -0.276. The number of benzene rings is 1. The summed E-state index contributed by atoms with van der Waals surface area (Å²) in [5.41, 5.74) is 5.93. The molecule has 4 N–H and O–H groups in total. The molecule has 0 spiro atoms. The molecule has 0 aliphatic carbocycles. The first-order valence-corrected chi connectivity index (χ1v) is 8.38. The van der Waals surface area contributed by atoms with E-state index in [1.165, 1.54) is 6.92 Å². The minimum absolute atomic E-state index is 0.0591. The van der Waals surface area contributed by atoms with E-state index in [0.717, 1.165) is 5.56 Å². The van der Waals surface area contributed by atoms with E-state index >= 15 is 0 Å². The van der Waals surface area contributed by atoms with E-state index in [0.29, 0.717) is 12.2 Å². The van der Waals surface area contributed by atoms with Crippen molar-refractivity contribution in [3.63, 3.8) is 0 Å².